The monoisotopic (exact) mass is 438 g/mol. The molecule has 0 saturated heterocycles. The fourth-order valence-electron chi connectivity index (χ4n) is 4.24. The van der Waals surface area contributed by atoms with E-state index in [4.69, 9.17) is 8.83 Å². The van der Waals surface area contributed by atoms with E-state index < -0.39 is 5.63 Å². The minimum atomic E-state index is -0.512. The molecule has 3 heterocycles. The van der Waals surface area contributed by atoms with Gasteiger partial charge in [0.05, 0.1) is 35.9 Å². The Hall–Kier alpha value is -4.19. The van der Waals surface area contributed by atoms with Crippen molar-refractivity contribution >= 4 is 27.8 Å². The molecule has 2 aromatic carbocycles. The molecule has 0 radical (unpaired) electrons. The number of amides is 1. The van der Waals surface area contributed by atoms with E-state index in [1.807, 2.05) is 68.4 Å². The normalized spacial score (nSPS) is 11.2. The van der Waals surface area contributed by atoms with Crippen LogP contribution in [0.2, 0.25) is 0 Å². The molecule has 5 rings (SSSR count). The molecule has 1 amide bonds. The molecule has 164 valence electrons. The zero-order valence-electron chi connectivity index (χ0n) is 18.3. The van der Waals surface area contributed by atoms with Crippen LogP contribution >= 0.6 is 0 Å². The molecule has 5 aromatic rings. The van der Waals surface area contributed by atoms with Crippen molar-refractivity contribution in [3.05, 3.63) is 99.9 Å². The Balaban J connectivity index is 1.56. The lowest BCUT2D eigenvalue weighted by atomic mass is 9.96. The minimum Gasteiger partial charge on any atom is -0.463 e. The Labute approximate surface area is 189 Å². The Kier molecular flexibility index (Phi) is 5.26. The summed E-state index contributed by atoms with van der Waals surface area (Å²) >= 11 is 0. The van der Waals surface area contributed by atoms with Crippen LogP contribution < -0.4 is 10.9 Å². The lowest BCUT2D eigenvalue weighted by Crippen LogP contribution is -2.27. The number of fused-ring (bicyclic) bond motifs is 3. The largest absolute Gasteiger partial charge is 0.463 e. The first-order valence-corrected chi connectivity index (χ1v) is 10.7. The number of benzene rings is 2. The number of nitrogens with zero attached hydrogens (tertiary/aromatic N) is 1. The van der Waals surface area contributed by atoms with Gasteiger partial charge in [0, 0.05) is 17.1 Å². The summed E-state index contributed by atoms with van der Waals surface area (Å²) in [5, 5.41) is 4.50. The van der Waals surface area contributed by atoms with Gasteiger partial charge >= 0.3 is 5.63 Å². The van der Waals surface area contributed by atoms with E-state index in [2.05, 4.69) is 10.3 Å². The van der Waals surface area contributed by atoms with E-state index in [9.17, 15) is 9.59 Å². The first-order valence-electron chi connectivity index (χ1n) is 10.7. The van der Waals surface area contributed by atoms with Crippen molar-refractivity contribution < 1.29 is 13.6 Å². The molecule has 0 fully saturated rings. The van der Waals surface area contributed by atoms with Crippen LogP contribution in [0.15, 0.2) is 80.7 Å². The maximum absolute atomic E-state index is 12.7. The Morgan fingerprint density at radius 3 is 2.58 bits per heavy atom. The summed E-state index contributed by atoms with van der Waals surface area (Å²) in [7, 11) is 0. The average molecular weight is 438 g/mol. The molecule has 1 N–H and O–H groups in total. The highest BCUT2D eigenvalue weighted by atomic mass is 16.4. The predicted octanol–water partition coefficient (Wildman–Crippen LogP) is 5.08. The second kappa shape index (κ2) is 8.39. The summed E-state index contributed by atoms with van der Waals surface area (Å²) in [6.45, 7) is 4.10. The predicted molar refractivity (Wildman–Crippen MR) is 127 cm³/mol. The number of nitrogens with one attached hydrogen (secondary N) is 1. The molecule has 0 aliphatic rings. The fraction of sp³-hybridized carbons (Fsp3) is 0.148. The topological polar surface area (TPSA) is 85.3 Å². The lowest BCUT2D eigenvalue weighted by molar-refractivity contribution is -0.120. The highest BCUT2D eigenvalue weighted by Crippen LogP contribution is 2.38. The van der Waals surface area contributed by atoms with E-state index in [0.29, 0.717) is 34.2 Å². The van der Waals surface area contributed by atoms with Crippen molar-refractivity contribution in [1.82, 2.24) is 10.3 Å². The van der Waals surface area contributed by atoms with Gasteiger partial charge in [-0.3, -0.25) is 9.78 Å². The standard InChI is InChI=1S/C27H22N2O4/c1-16-12-22-25(26-24(16)21(15-32-26)18-8-4-3-5-9-18)17(2)20(27(31)33-22)13-23(30)29-14-19-10-6-7-11-28-19/h3-12,15H,13-14H2,1-2H3,(H,29,30). The molecule has 3 aromatic heterocycles. The zero-order chi connectivity index (χ0) is 22.9. The Morgan fingerprint density at radius 2 is 1.82 bits per heavy atom. The summed E-state index contributed by atoms with van der Waals surface area (Å²) in [5.41, 5.74) is 5.32. The number of hydrogen-bond acceptors (Lipinski definition) is 5. The zero-order valence-corrected chi connectivity index (χ0v) is 18.3. The number of rotatable bonds is 5. The molecule has 0 bridgehead atoms. The number of pyridine rings is 1. The van der Waals surface area contributed by atoms with Crippen LogP contribution in [0.1, 0.15) is 22.4 Å². The summed E-state index contributed by atoms with van der Waals surface area (Å²) in [4.78, 5) is 29.5. The van der Waals surface area contributed by atoms with E-state index in [1.54, 1.807) is 12.5 Å². The molecule has 0 aliphatic carbocycles. The van der Waals surface area contributed by atoms with Crippen LogP contribution in [0.25, 0.3) is 33.1 Å². The van der Waals surface area contributed by atoms with Crippen LogP contribution in [0.3, 0.4) is 0 Å². The third-order valence-electron chi connectivity index (χ3n) is 5.90. The highest BCUT2D eigenvalue weighted by Gasteiger charge is 2.21. The number of carbonyl (C=O) groups excluding carboxylic acids is 1. The van der Waals surface area contributed by atoms with Gasteiger partial charge in [-0.05, 0) is 48.7 Å². The number of furan rings is 1. The van der Waals surface area contributed by atoms with E-state index >= 15 is 0 Å². The third-order valence-corrected chi connectivity index (χ3v) is 5.90. The molecule has 0 unspecified atom stereocenters. The Bertz CT molecular complexity index is 1530. The second-order valence-electron chi connectivity index (χ2n) is 8.05. The van der Waals surface area contributed by atoms with E-state index in [1.165, 1.54) is 0 Å². The maximum atomic E-state index is 12.7. The van der Waals surface area contributed by atoms with Gasteiger partial charge < -0.3 is 14.2 Å². The van der Waals surface area contributed by atoms with Crippen molar-refractivity contribution in [2.45, 2.75) is 26.8 Å². The van der Waals surface area contributed by atoms with Gasteiger partial charge in [-0.2, -0.15) is 0 Å². The van der Waals surface area contributed by atoms with Gasteiger partial charge in [0.25, 0.3) is 0 Å². The first-order chi connectivity index (χ1) is 16.0. The van der Waals surface area contributed by atoms with E-state index in [0.717, 1.165) is 27.8 Å². The average Bonchev–Trinajstić information content (AvgIpc) is 3.27. The smallest absolute Gasteiger partial charge is 0.340 e. The number of hydrogen-bond donors (Lipinski definition) is 1. The quantitative estimate of drug-likeness (QED) is 0.387. The summed E-state index contributed by atoms with van der Waals surface area (Å²) < 4.78 is 11.6. The van der Waals surface area contributed by atoms with E-state index in [-0.39, 0.29) is 12.3 Å². The van der Waals surface area contributed by atoms with Gasteiger partial charge in [0.1, 0.15) is 11.2 Å². The molecule has 0 atom stereocenters. The first kappa shape index (κ1) is 20.7. The summed E-state index contributed by atoms with van der Waals surface area (Å²) in [5.74, 6) is -0.275. The van der Waals surface area contributed by atoms with Crippen molar-refractivity contribution in [1.29, 1.82) is 0 Å². The number of aromatic nitrogens is 1. The molecular formula is C27H22N2O4. The van der Waals surface area contributed by atoms with Gasteiger partial charge in [0.2, 0.25) is 5.91 Å². The van der Waals surface area contributed by atoms with Gasteiger partial charge in [-0.25, -0.2) is 4.79 Å². The molecule has 0 saturated carbocycles. The van der Waals surface area contributed by atoms with Crippen LogP contribution in [0, 0.1) is 13.8 Å². The minimum absolute atomic E-state index is 0.0848. The number of aryl methyl sites for hydroxylation is 2. The van der Waals surface area contributed by atoms with Crippen molar-refractivity contribution in [2.24, 2.45) is 0 Å². The molecule has 0 spiro atoms. The molecular weight excluding hydrogens is 416 g/mol. The molecule has 33 heavy (non-hydrogen) atoms. The summed E-state index contributed by atoms with van der Waals surface area (Å²) in [6, 6.07) is 17.4. The van der Waals surface area contributed by atoms with Crippen molar-refractivity contribution in [3.8, 4) is 11.1 Å². The molecule has 0 aliphatic heterocycles. The molecule has 6 heteroatoms. The summed E-state index contributed by atoms with van der Waals surface area (Å²) in [6.07, 6.45) is 3.32. The van der Waals surface area contributed by atoms with Crippen LogP contribution in [-0.2, 0) is 17.8 Å². The maximum Gasteiger partial charge on any atom is 0.340 e. The third kappa shape index (κ3) is 3.80. The Morgan fingerprint density at radius 1 is 1.03 bits per heavy atom. The van der Waals surface area contributed by atoms with Gasteiger partial charge in [0.15, 0.2) is 0 Å². The van der Waals surface area contributed by atoms with Crippen LogP contribution in [-0.4, -0.2) is 10.9 Å². The van der Waals surface area contributed by atoms with Crippen LogP contribution in [0.5, 0.6) is 0 Å². The molecule has 6 nitrogen and oxygen atoms in total. The van der Waals surface area contributed by atoms with Crippen molar-refractivity contribution in [2.75, 3.05) is 0 Å². The highest BCUT2D eigenvalue weighted by molar-refractivity contribution is 6.11. The lowest BCUT2D eigenvalue weighted by Gasteiger charge is -2.10. The van der Waals surface area contributed by atoms with Crippen LogP contribution in [0.4, 0.5) is 0 Å². The SMILES string of the molecule is Cc1cc2oc(=O)c(CC(=O)NCc3ccccn3)c(C)c2c2occ(-c3ccccc3)c12. The number of carbonyl (C=O) groups is 1. The fourth-order valence-corrected chi connectivity index (χ4v) is 4.24. The second-order valence-corrected chi connectivity index (χ2v) is 8.05. The van der Waals surface area contributed by atoms with Gasteiger partial charge in [-0.15, -0.1) is 0 Å². The van der Waals surface area contributed by atoms with Gasteiger partial charge in [-0.1, -0.05) is 36.4 Å². The van der Waals surface area contributed by atoms with Crippen molar-refractivity contribution in [3.63, 3.8) is 0 Å².